The standard InChI is InChI=1S/C20H25N3O5/c1-26-16-4-2-15(3-5-16)17-6-7-18(24)23(21-17)14-19(25)22-10-8-20(9-11-22)27-12-13-28-20/h2-6,21H,7-14H2,1H3. The summed E-state index contributed by atoms with van der Waals surface area (Å²) in [5.41, 5.74) is 4.82. The summed E-state index contributed by atoms with van der Waals surface area (Å²) in [5.74, 6) is 0.0489. The van der Waals surface area contributed by atoms with Crippen LogP contribution in [-0.2, 0) is 19.1 Å². The fraction of sp³-hybridized carbons (Fsp3) is 0.500. The summed E-state index contributed by atoms with van der Waals surface area (Å²) >= 11 is 0. The van der Waals surface area contributed by atoms with E-state index in [2.05, 4.69) is 5.43 Å². The van der Waals surface area contributed by atoms with E-state index < -0.39 is 5.79 Å². The summed E-state index contributed by atoms with van der Waals surface area (Å²) in [6.45, 7) is 2.37. The molecule has 2 saturated heterocycles. The molecule has 3 heterocycles. The van der Waals surface area contributed by atoms with E-state index in [0.29, 0.717) is 39.1 Å². The molecule has 0 bridgehead atoms. The first-order chi connectivity index (χ1) is 13.6. The van der Waals surface area contributed by atoms with Crippen LogP contribution in [0.15, 0.2) is 30.3 Å². The topological polar surface area (TPSA) is 80.3 Å². The number of piperidine rings is 1. The number of carbonyl (C=O) groups is 2. The van der Waals surface area contributed by atoms with Gasteiger partial charge in [0.2, 0.25) is 11.8 Å². The highest BCUT2D eigenvalue weighted by molar-refractivity contribution is 5.88. The lowest BCUT2D eigenvalue weighted by Gasteiger charge is -2.38. The summed E-state index contributed by atoms with van der Waals surface area (Å²) in [7, 11) is 1.62. The minimum atomic E-state index is -0.514. The van der Waals surface area contributed by atoms with Gasteiger partial charge in [0.25, 0.3) is 0 Å². The molecule has 0 aromatic heterocycles. The molecule has 0 atom stereocenters. The fourth-order valence-corrected chi connectivity index (χ4v) is 3.75. The number of methoxy groups -OCH3 is 1. The van der Waals surface area contributed by atoms with E-state index in [9.17, 15) is 9.59 Å². The second-order valence-corrected chi connectivity index (χ2v) is 7.13. The third kappa shape index (κ3) is 3.83. The molecule has 1 spiro atoms. The third-order valence-electron chi connectivity index (χ3n) is 5.42. The fourth-order valence-electron chi connectivity index (χ4n) is 3.75. The Labute approximate surface area is 164 Å². The van der Waals surface area contributed by atoms with Crippen molar-refractivity contribution in [1.29, 1.82) is 0 Å². The number of rotatable bonds is 4. The van der Waals surface area contributed by atoms with E-state index >= 15 is 0 Å². The Bertz CT molecular complexity index is 761. The van der Waals surface area contributed by atoms with Crippen molar-refractivity contribution in [2.24, 2.45) is 0 Å². The van der Waals surface area contributed by atoms with Crippen molar-refractivity contribution in [3.8, 4) is 5.75 Å². The van der Waals surface area contributed by atoms with Gasteiger partial charge in [-0.1, -0.05) is 0 Å². The molecule has 0 unspecified atom stereocenters. The maximum absolute atomic E-state index is 12.7. The molecule has 0 saturated carbocycles. The molecular formula is C20H25N3O5. The van der Waals surface area contributed by atoms with Gasteiger partial charge in [0.15, 0.2) is 5.79 Å². The van der Waals surface area contributed by atoms with Crippen LogP contribution >= 0.6 is 0 Å². The van der Waals surface area contributed by atoms with E-state index in [1.165, 1.54) is 5.01 Å². The lowest BCUT2D eigenvalue weighted by molar-refractivity contribution is -0.188. The first kappa shape index (κ1) is 18.8. The van der Waals surface area contributed by atoms with Gasteiger partial charge in [-0.05, 0) is 35.9 Å². The molecule has 1 aromatic rings. The second kappa shape index (κ2) is 7.81. The monoisotopic (exact) mass is 387 g/mol. The van der Waals surface area contributed by atoms with Crippen molar-refractivity contribution >= 4 is 17.5 Å². The Morgan fingerprint density at radius 1 is 1.18 bits per heavy atom. The highest BCUT2D eigenvalue weighted by atomic mass is 16.7. The molecule has 0 aliphatic carbocycles. The Hall–Kier alpha value is -2.58. The Morgan fingerprint density at radius 3 is 2.50 bits per heavy atom. The van der Waals surface area contributed by atoms with Crippen molar-refractivity contribution in [2.75, 3.05) is 40.0 Å². The summed E-state index contributed by atoms with van der Waals surface area (Å²) < 4.78 is 16.6. The Morgan fingerprint density at radius 2 is 1.86 bits per heavy atom. The summed E-state index contributed by atoms with van der Waals surface area (Å²) in [6, 6.07) is 7.55. The average Bonchev–Trinajstić information content (AvgIpc) is 3.18. The number of hydrogen-bond donors (Lipinski definition) is 1. The van der Waals surface area contributed by atoms with Crippen molar-refractivity contribution in [3.63, 3.8) is 0 Å². The van der Waals surface area contributed by atoms with Gasteiger partial charge in [-0.25, -0.2) is 5.01 Å². The van der Waals surface area contributed by atoms with Crippen LogP contribution in [0.4, 0.5) is 0 Å². The van der Waals surface area contributed by atoms with E-state index in [4.69, 9.17) is 14.2 Å². The molecule has 1 N–H and O–H groups in total. The molecule has 28 heavy (non-hydrogen) atoms. The number of hydrazine groups is 1. The van der Waals surface area contributed by atoms with Crippen LogP contribution in [0.2, 0.25) is 0 Å². The van der Waals surface area contributed by atoms with E-state index in [0.717, 1.165) is 17.0 Å². The van der Waals surface area contributed by atoms with Crippen molar-refractivity contribution in [3.05, 3.63) is 35.9 Å². The molecular weight excluding hydrogens is 362 g/mol. The molecule has 150 valence electrons. The number of ether oxygens (including phenoxy) is 3. The van der Waals surface area contributed by atoms with Crippen LogP contribution in [0, 0.1) is 0 Å². The van der Waals surface area contributed by atoms with E-state index in [-0.39, 0.29) is 24.8 Å². The third-order valence-corrected chi connectivity index (χ3v) is 5.42. The van der Waals surface area contributed by atoms with Gasteiger partial charge in [0.1, 0.15) is 12.3 Å². The Kier molecular flexibility index (Phi) is 5.23. The molecule has 3 aliphatic heterocycles. The van der Waals surface area contributed by atoms with Gasteiger partial charge < -0.3 is 19.1 Å². The molecule has 8 nitrogen and oxygen atoms in total. The van der Waals surface area contributed by atoms with Crippen molar-refractivity contribution in [2.45, 2.75) is 25.0 Å². The predicted octanol–water partition coefficient (Wildman–Crippen LogP) is 1.14. The number of benzene rings is 1. The minimum absolute atomic E-state index is 0.00103. The SMILES string of the molecule is COc1ccc(C2=CCC(=O)N(CC(=O)N3CCC4(CC3)OCCO4)N2)cc1. The molecule has 3 aliphatic rings. The lowest BCUT2D eigenvalue weighted by atomic mass is 10.0. The maximum Gasteiger partial charge on any atom is 0.245 e. The lowest BCUT2D eigenvalue weighted by Crippen LogP contribution is -2.53. The maximum atomic E-state index is 12.7. The quantitative estimate of drug-likeness (QED) is 0.835. The van der Waals surface area contributed by atoms with Crippen LogP contribution in [0.25, 0.3) is 5.70 Å². The molecule has 0 radical (unpaired) electrons. The van der Waals surface area contributed by atoms with Crippen molar-refractivity contribution in [1.82, 2.24) is 15.3 Å². The molecule has 4 rings (SSSR count). The van der Waals surface area contributed by atoms with Crippen LogP contribution in [0.5, 0.6) is 5.75 Å². The predicted molar refractivity (Wildman–Crippen MR) is 101 cm³/mol. The van der Waals surface area contributed by atoms with E-state index in [1.807, 2.05) is 30.3 Å². The zero-order chi connectivity index (χ0) is 19.6. The van der Waals surface area contributed by atoms with Crippen molar-refractivity contribution < 1.29 is 23.8 Å². The number of nitrogens with zero attached hydrogens (tertiary/aromatic N) is 2. The highest BCUT2D eigenvalue weighted by Crippen LogP contribution is 2.31. The highest BCUT2D eigenvalue weighted by Gasteiger charge is 2.41. The van der Waals surface area contributed by atoms with Crippen LogP contribution in [0.1, 0.15) is 24.8 Å². The zero-order valence-corrected chi connectivity index (χ0v) is 16.0. The van der Waals surface area contributed by atoms with Gasteiger partial charge in [-0.2, -0.15) is 0 Å². The zero-order valence-electron chi connectivity index (χ0n) is 16.0. The normalized spacial score (nSPS) is 21.5. The smallest absolute Gasteiger partial charge is 0.245 e. The number of amides is 2. The van der Waals surface area contributed by atoms with Gasteiger partial charge in [-0.15, -0.1) is 0 Å². The summed E-state index contributed by atoms with van der Waals surface area (Å²) in [6.07, 6.45) is 3.42. The number of hydrogen-bond acceptors (Lipinski definition) is 6. The number of likely N-dealkylation sites (tertiary alicyclic amines) is 1. The Balaban J connectivity index is 1.35. The molecule has 1 aromatic carbocycles. The van der Waals surface area contributed by atoms with Gasteiger partial charge >= 0.3 is 0 Å². The van der Waals surface area contributed by atoms with Crippen LogP contribution < -0.4 is 10.2 Å². The van der Waals surface area contributed by atoms with Crippen LogP contribution in [0.3, 0.4) is 0 Å². The number of nitrogens with one attached hydrogen (secondary N) is 1. The summed E-state index contributed by atoms with van der Waals surface area (Å²) in [5, 5.41) is 1.40. The van der Waals surface area contributed by atoms with Gasteiger partial charge in [-0.3, -0.25) is 15.0 Å². The number of carbonyl (C=O) groups excluding carboxylic acids is 2. The van der Waals surface area contributed by atoms with Gasteiger partial charge in [0.05, 0.1) is 26.0 Å². The first-order valence-corrected chi connectivity index (χ1v) is 9.56. The average molecular weight is 387 g/mol. The van der Waals surface area contributed by atoms with E-state index in [1.54, 1.807) is 12.0 Å². The second-order valence-electron chi connectivity index (χ2n) is 7.13. The molecule has 8 heteroatoms. The van der Waals surface area contributed by atoms with Gasteiger partial charge in [0, 0.05) is 32.4 Å². The molecule has 2 fully saturated rings. The largest absolute Gasteiger partial charge is 0.497 e. The first-order valence-electron chi connectivity index (χ1n) is 9.56. The minimum Gasteiger partial charge on any atom is -0.497 e. The summed E-state index contributed by atoms with van der Waals surface area (Å²) in [4.78, 5) is 26.8. The van der Waals surface area contributed by atoms with Crippen LogP contribution in [-0.4, -0.2) is 67.5 Å². The molecule has 2 amide bonds.